The Morgan fingerprint density at radius 3 is 2.48 bits per heavy atom. The molecule has 7 nitrogen and oxygen atoms in total. The lowest BCUT2D eigenvalue weighted by atomic mass is 9.75. The van der Waals surface area contributed by atoms with Gasteiger partial charge in [0.25, 0.3) is 0 Å². The van der Waals surface area contributed by atoms with Gasteiger partial charge in [-0.25, -0.2) is 9.78 Å². The second-order valence-corrected chi connectivity index (χ2v) is 7.96. The maximum Gasteiger partial charge on any atom is 0.236 e. The average molecular weight is 427 g/mol. The van der Waals surface area contributed by atoms with Crippen LogP contribution in [0.2, 0.25) is 0 Å². The van der Waals surface area contributed by atoms with Gasteiger partial charge in [0.05, 0.1) is 18.6 Å². The fourth-order valence-electron chi connectivity index (χ4n) is 4.15. The van der Waals surface area contributed by atoms with Crippen LogP contribution in [0.25, 0.3) is 0 Å². The number of aliphatic hydroxyl groups excluding tert-OH is 1. The molecule has 0 aliphatic carbocycles. The molecule has 0 aromatic heterocycles. The third-order valence-corrected chi connectivity index (χ3v) is 5.60. The Bertz CT molecular complexity index is 885. The molecule has 0 saturated carbocycles. The SMILES string of the molecule is COOC[C@@H](C)N1C(=O)C(CC(C)=O)(c2ccc(OCc3ccccc3)cc2)CC1O. The number of aliphatic hydroxyl groups is 1. The number of ketones is 1. The van der Waals surface area contributed by atoms with Crippen LogP contribution in [-0.4, -0.2) is 47.7 Å². The van der Waals surface area contributed by atoms with Gasteiger partial charge >= 0.3 is 0 Å². The molecule has 7 heteroatoms. The van der Waals surface area contributed by atoms with E-state index in [4.69, 9.17) is 9.62 Å². The summed E-state index contributed by atoms with van der Waals surface area (Å²) in [6.07, 6.45) is -0.870. The number of amides is 1. The van der Waals surface area contributed by atoms with Crippen molar-refractivity contribution in [2.45, 2.75) is 51.0 Å². The van der Waals surface area contributed by atoms with E-state index in [9.17, 15) is 14.7 Å². The maximum absolute atomic E-state index is 13.5. The van der Waals surface area contributed by atoms with Gasteiger partial charge in [-0.1, -0.05) is 42.5 Å². The number of rotatable bonds is 10. The highest BCUT2D eigenvalue weighted by Crippen LogP contribution is 2.43. The zero-order valence-electron chi connectivity index (χ0n) is 18.1. The summed E-state index contributed by atoms with van der Waals surface area (Å²) in [6.45, 7) is 3.77. The van der Waals surface area contributed by atoms with Crippen molar-refractivity contribution in [3.8, 4) is 5.75 Å². The number of hydrogen-bond acceptors (Lipinski definition) is 6. The van der Waals surface area contributed by atoms with Crippen molar-refractivity contribution in [1.82, 2.24) is 4.90 Å². The van der Waals surface area contributed by atoms with Gasteiger partial charge in [0, 0.05) is 12.8 Å². The Balaban J connectivity index is 1.81. The number of Topliss-reactive ketones (excluding diaryl/α,β-unsaturated/α-hetero) is 1. The van der Waals surface area contributed by atoms with Gasteiger partial charge in [-0.2, -0.15) is 0 Å². The summed E-state index contributed by atoms with van der Waals surface area (Å²) in [7, 11) is 1.39. The first kappa shape index (κ1) is 22.9. The number of ether oxygens (including phenoxy) is 1. The van der Waals surface area contributed by atoms with E-state index in [2.05, 4.69) is 4.89 Å². The summed E-state index contributed by atoms with van der Waals surface area (Å²) < 4.78 is 5.83. The quantitative estimate of drug-likeness (QED) is 0.464. The number of nitrogens with zero attached hydrogens (tertiary/aromatic N) is 1. The molecule has 2 aromatic carbocycles. The van der Waals surface area contributed by atoms with E-state index in [0.717, 1.165) is 5.56 Å². The van der Waals surface area contributed by atoms with Gasteiger partial charge in [0.1, 0.15) is 31.0 Å². The molecule has 3 rings (SSSR count). The van der Waals surface area contributed by atoms with Crippen LogP contribution in [-0.2, 0) is 31.4 Å². The molecule has 0 radical (unpaired) electrons. The van der Waals surface area contributed by atoms with Gasteiger partial charge in [0.2, 0.25) is 5.91 Å². The number of benzene rings is 2. The zero-order chi connectivity index (χ0) is 22.4. The highest BCUT2D eigenvalue weighted by Gasteiger charge is 2.54. The molecule has 1 amide bonds. The van der Waals surface area contributed by atoms with Crippen LogP contribution in [0.5, 0.6) is 5.75 Å². The molecule has 2 aromatic rings. The van der Waals surface area contributed by atoms with Gasteiger partial charge in [-0.05, 0) is 37.1 Å². The van der Waals surface area contributed by atoms with Gasteiger partial charge < -0.3 is 14.7 Å². The molecule has 31 heavy (non-hydrogen) atoms. The molecule has 1 N–H and O–H groups in total. The van der Waals surface area contributed by atoms with Crippen molar-refractivity contribution >= 4 is 11.7 Å². The average Bonchev–Trinajstić information content (AvgIpc) is 3.01. The third kappa shape index (κ3) is 5.12. The fraction of sp³-hybridized carbons (Fsp3) is 0.417. The van der Waals surface area contributed by atoms with E-state index in [-0.39, 0.29) is 31.1 Å². The molecule has 166 valence electrons. The molecular weight excluding hydrogens is 398 g/mol. The fourth-order valence-corrected chi connectivity index (χ4v) is 4.15. The van der Waals surface area contributed by atoms with Crippen LogP contribution in [0.1, 0.15) is 37.8 Å². The van der Waals surface area contributed by atoms with Crippen LogP contribution in [0, 0.1) is 0 Å². The van der Waals surface area contributed by atoms with Gasteiger partial charge in [-0.3, -0.25) is 9.59 Å². The standard InChI is InChI=1S/C24H29NO6/c1-17(15-31-29-3)25-22(27)14-24(23(25)28,13-18(2)26)20-9-11-21(12-10-20)30-16-19-7-5-4-6-8-19/h4-12,17,22,27H,13-16H2,1-3H3/t17-,22?,24?/m1/s1. The summed E-state index contributed by atoms with van der Waals surface area (Å²) in [5.41, 5.74) is 0.614. The predicted molar refractivity (Wildman–Crippen MR) is 114 cm³/mol. The van der Waals surface area contributed by atoms with Crippen molar-refractivity contribution in [2.75, 3.05) is 13.7 Å². The molecule has 2 unspecified atom stereocenters. The minimum absolute atomic E-state index is 0.0153. The van der Waals surface area contributed by atoms with Crippen LogP contribution in [0.4, 0.5) is 0 Å². The minimum atomic E-state index is -1.12. The van der Waals surface area contributed by atoms with E-state index < -0.39 is 17.7 Å². The molecular formula is C24H29NO6. The van der Waals surface area contributed by atoms with E-state index in [1.54, 1.807) is 31.2 Å². The number of hydrogen-bond donors (Lipinski definition) is 1. The van der Waals surface area contributed by atoms with Crippen molar-refractivity contribution in [3.05, 3.63) is 65.7 Å². The Morgan fingerprint density at radius 1 is 1.19 bits per heavy atom. The normalized spacial score (nSPS) is 21.9. The van der Waals surface area contributed by atoms with Gasteiger partial charge in [-0.15, -0.1) is 0 Å². The lowest BCUT2D eigenvalue weighted by Gasteiger charge is -2.30. The molecule has 1 saturated heterocycles. The van der Waals surface area contributed by atoms with E-state index in [0.29, 0.717) is 17.9 Å². The summed E-state index contributed by atoms with van der Waals surface area (Å²) in [4.78, 5) is 36.5. The number of carbonyl (C=O) groups excluding carboxylic acids is 2. The highest BCUT2D eigenvalue weighted by atomic mass is 17.2. The van der Waals surface area contributed by atoms with Gasteiger partial charge in [0.15, 0.2) is 0 Å². The van der Waals surface area contributed by atoms with Crippen LogP contribution < -0.4 is 4.74 Å². The molecule has 3 atom stereocenters. The van der Waals surface area contributed by atoms with Crippen molar-refractivity contribution in [1.29, 1.82) is 0 Å². The predicted octanol–water partition coefficient (Wildman–Crippen LogP) is 3.00. The zero-order valence-corrected chi connectivity index (χ0v) is 18.1. The molecule has 1 aliphatic rings. The van der Waals surface area contributed by atoms with Crippen molar-refractivity contribution in [2.24, 2.45) is 0 Å². The Hall–Kier alpha value is -2.74. The Kier molecular flexibility index (Phi) is 7.43. The first-order valence-electron chi connectivity index (χ1n) is 10.3. The molecule has 1 fully saturated rings. The van der Waals surface area contributed by atoms with Crippen LogP contribution in [0.15, 0.2) is 54.6 Å². The minimum Gasteiger partial charge on any atom is -0.489 e. The van der Waals surface area contributed by atoms with E-state index in [1.807, 2.05) is 30.3 Å². The molecule has 1 heterocycles. The number of likely N-dealkylation sites (tertiary alicyclic amines) is 1. The Morgan fingerprint density at radius 2 is 1.87 bits per heavy atom. The molecule has 0 spiro atoms. The first-order chi connectivity index (χ1) is 14.9. The smallest absolute Gasteiger partial charge is 0.236 e. The monoisotopic (exact) mass is 427 g/mol. The van der Waals surface area contributed by atoms with Crippen molar-refractivity contribution < 1.29 is 29.2 Å². The van der Waals surface area contributed by atoms with Crippen LogP contribution >= 0.6 is 0 Å². The summed E-state index contributed by atoms with van der Waals surface area (Å²) in [5, 5.41) is 10.7. The first-order valence-corrected chi connectivity index (χ1v) is 10.3. The topological polar surface area (TPSA) is 85.3 Å². The molecule has 0 bridgehead atoms. The maximum atomic E-state index is 13.5. The third-order valence-electron chi connectivity index (χ3n) is 5.60. The lowest BCUT2D eigenvalue weighted by molar-refractivity contribution is -0.280. The lowest BCUT2D eigenvalue weighted by Crippen LogP contribution is -2.46. The van der Waals surface area contributed by atoms with E-state index in [1.165, 1.54) is 18.9 Å². The summed E-state index contributed by atoms with van der Waals surface area (Å²) >= 11 is 0. The van der Waals surface area contributed by atoms with Crippen LogP contribution in [0.3, 0.4) is 0 Å². The summed E-state index contributed by atoms with van der Waals surface area (Å²) in [5.74, 6) is 0.253. The molecule has 1 aliphatic heterocycles. The highest BCUT2D eigenvalue weighted by molar-refractivity contribution is 5.95. The second kappa shape index (κ2) is 10.0. The van der Waals surface area contributed by atoms with E-state index >= 15 is 0 Å². The van der Waals surface area contributed by atoms with Crippen molar-refractivity contribution in [3.63, 3.8) is 0 Å². The largest absolute Gasteiger partial charge is 0.489 e. The number of carbonyl (C=O) groups is 2. The second-order valence-electron chi connectivity index (χ2n) is 7.96. The Labute approximate surface area is 182 Å². The summed E-state index contributed by atoms with van der Waals surface area (Å²) in [6, 6.07) is 16.6.